The first-order chi connectivity index (χ1) is 7.99. The SMILES string of the molecule is CCn1nc(C)cc1C(=O)NC(CI)C(C)C. The van der Waals surface area contributed by atoms with Gasteiger partial charge in [-0.1, -0.05) is 36.4 Å². The summed E-state index contributed by atoms with van der Waals surface area (Å²) in [5.41, 5.74) is 1.54. The molecule has 0 bridgehead atoms. The molecule has 0 aliphatic heterocycles. The molecule has 1 amide bonds. The third kappa shape index (κ3) is 3.69. The Morgan fingerprint density at radius 1 is 1.59 bits per heavy atom. The summed E-state index contributed by atoms with van der Waals surface area (Å²) in [5, 5.41) is 7.35. The fraction of sp³-hybridized carbons (Fsp3) is 0.667. The molecule has 1 N–H and O–H groups in total. The molecule has 0 fully saturated rings. The number of carbonyl (C=O) groups is 1. The van der Waals surface area contributed by atoms with E-state index < -0.39 is 0 Å². The highest BCUT2D eigenvalue weighted by Crippen LogP contribution is 2.08. The topological polar surface area (TPSA) is 46.9 Å². The van der Waals surface area contributed by atoms with Gasteiger partial charge in [0, 0.05) is 17.0 Å². The normalized spacial score (nSPS) is 12.8. The minimum Gasteiger partial charge on any atom is -0.347 e. The van der Waals surface area contributed by atoms with Gasteiger partial charge in [0.05, 0.1) is 5.69 Å². The summed E-state index contributed by atoms with van der Waals surface area (Å²) < 4.78 is 2.66. The number of hydrogen-bond acceptors (Lipinski definition) is 2. The van der Waals surface area contributed by atoms with Crippen LogP contribution in [0.5, 0.6) is 0 Å². The van der Waals surface area contributed by atoms with Crippen LogP contribution in [0.15, 0.2) is 6.07 Å². The molecule has 0 spiro atoms. The standard InChI is InChI=1S/C12H20IN3O/c1-5-16-11(6-9(4)15-16)12(17)14-10(7-13)8(2)3/h6,8,10H,5,7H2,1-4H3,(H,14,17). The first kappa shape index (κ1) is 14.5. The number of halogens is 1. The van der Waals surface area contributed by atoms with Crippen molar-refractivity contribution in [3.8, 4) is 0 Å². The van der Waals surface area contributed by atoms with Gasteiger partial charge in [-0.2, -0.15) is 5.10 Å². The lowest BCUT2D eigenvalue weighted by Crippen LogP contribution is -2.40. The number of amides is 1. The maximum Gasteiger partial charge on any atom is 0.269 e. The van der Waals surface area contributed by atoms with E-state index in [1.54, 1.807) is 4.68 Å². The van der Waals surface area contributed by atoms with Gasteiger partial charge in [0.2, 0.25) is 0 Å². The van der Waals surface area contributed by atoms with Crippen molar-refractivity contribution in [2.45, 2.75) is 40.3 Å². The number of nitrogens with one attached hydrogen (secondary N) is 1. The first-order valence-corrected chi connectivity index (χ1v) is 7.43. The predicted molar refractivity (Wildman–Crippen MR) is 77.6 cm³/mol. The summed E-state index contributed by atoms with van der Waals surface area (Å²) in [4.78, 5) is 12.1. The molecule has 4 nitrogen and oxygen atoms in total. The molecule has 5 heteroatoms. The molecule has 0 saturated carbocycles. The van der Waals surface area contributed by atoms with Crippen LogP contribution >= 0.6 is 22.6 Å². The van der Waals surface area contributed by atoms with Crippen LogP contribution in [-0.4, -0.2) is 26.2 Å². The Labute approximate surface area is 116 Å². The molecule has 0 saturated heterocycles. The van der Waals surface area contributed by atoms with E-state index in [1.807, 2.05) is 19.9 Å². The zero-order chi connectivity index (χ0) is 13.0. The molecule has 1 rings (SSSR count). The highest BCUT2D eigenvalue weighted by molar-refractivity contribution is 14.1. The van der Waals surface area contributed by atoms with Gasteiger partial charge in [0.25, 0.3) is 5.91 Å². The minimum absolute atomic E-state index is 0.0252. The number of carbonyl (C=O) groups excluding carboxylic acids is 1. The summed E-state index contributed by atoms with van der Waals surface area (Å²) in [6, 6.07) is 2.05. The zero-order valence-electron chi connectivity index (χ0n) is 10.8. The van der Waals surface area contributed by atoms with Crippen molar-refractivity contribution < 1.29 is 4.79 Å². The van der Waals surface area contributed by atoms with Crippen LogP contribution in [0.25, 0.3) is 0 Å². The Hall–Kier alpha value is -0.590. The fourth-order valence-electron chi connectivity index (χ4n) is 1.60. The lowest BCUT2D eigenvalue weighted by atomic mass is 10.1. The molecule has 1 atom stereocenters. The average molecular weight is 349 g/mol. The van der Waals surface area contributed by atoms with E-state index >= 15 is 0 Å². The highest BCUT2D eigenvalue weighted by atomic mass is 127. The van der Waals surface area contributed by atoms with E-state index in [1.165, 1.54) is 0 Å². The summed E-state index contributed by atoms with van der Waals surface area (Å²) >= 11 is 2.30. The van der Waals surface area contributed by atoms with Gasteiger partial charge in [0.1, 0.15) is 5.69 Å². The Bertz CT molecular complexity index is 387. The third-order valence-electron chi connectivity index (χ3n) is 2.72. The van der Waals surface area contributed by atoms with Gasteiger partial charge >= 0.3 is 0 Å². The van der Waals surface area contributed by atoms with Crippen molar-refractivity contribution in [1.29, 1.82) is 0 Å². The van der Waals surface area contributed by atoms with Gasteiger partial charge in [0.15, 0.2) is 0 Å². The van der Waals surface area contributed by atoms with E-state index in [0.717, 1.165) is 10.1 Å². The third-order valence-corrected chi connectivity index (χ3v) is 3.67. The van der Waals surface area contributed by atoms with Crippen LogP contribution in [0, 0.1) is 12.8 Å². The first-order valence-electron chi connectivity index (χ1n) is 5.90. The molecule has 0 aliphatic rings. The summed E-state index contributed by atoms with van der Waals surface area (Å²) in [7, 11) is 0. The number of alkyl halides is 1. The molecule has 1 aromatic rings. The fourth-order valence-corrected chi connectivity index (χ4v) is 2.83. The monoisotopic (exact) mass is 349 g/mol. The van der Waals surface area contributed by atoms with E-state index in [2.05, 4.69) is 46.9 Å². The lowest BCUT2D eigenvalue weighted by molar-refractivity contribution is 0.0921. The van der Waals surface area contributed by atoms with Crippen molar-refractivity contribution in [3.05, 3.63) is 17.5 Å². The van der Waals surface area contributed by atoms with Crippen LogP contribution in [0.2, 0.25) is 0 Å². The number of nitrogens with zero attached hydrogens (tertiary/aromatic N) is 2. The lowest BCUT2D eigenvalue weighted by Gasteiger charge is -2.20. The second-order valence-electron chi connectivity index (χ2n) is 4.46. The largest absolute Gasteiger partial charge is 0.347 e. The zero-order valence-corrected chi connectivity index (χ0v) is 13.0. The quantitative estimate of drug-likeness (QED) is 0.656. The molecule has 0 aromatic carbocycles. The summed E-state index contributed by atoms with van der Waals surface area (Å²) in [5.74, 6) is 0.415. The Morgan fingerprint density at radius 3 is 2.71 bits per heavy atom. The van der Waals surface area contributed by atoms with Crippen LogP contribution in [0.4, 0.5) is 0 Å². The molecule has 1 unspecified atom stereocenters. The van der Waals surface area contributed by atoms with Gasteiger partial charge < -0.3 is 5.32 Å². The van der Waals surface area contributed by atoms with E-state index in [0.29, 0.717) is 18.2 Å². The van der Waals surface area contributed by atoms with Gasteiger partial charge in [-0.25, -0.2) is 0 Å². The molecule has 17 heavy (non-hydrogen) atoms. The number of rotatable bonds is 5. The average Bonchev–Trinajstić information content (AvgIpc) is 2.66. The second-order valence-corrected chi connectivity index (χ2v) is 5.35. The van der Waals surface area contributed by atoms with E-state index in [9.17, 15) is 4.79 Å². The minimum atomic E-state index is -0.0252. The van der Waals surface area contributed by atoms with Crippen LogP contribution in [0.3, 0.4) is 0 Å². The van der Waals surface area contributed by atoms with E-state index in [-0.39, 0.29) is 11.9 Å². The molecule has 1 heterocycles. The number of hydrogen-bond donors (Lipinski definition) is 1. The van der Waals surface area contributed by atoms with E-state index in [4.69, 9.17) is 0 Å². The van der Waals surface area contributed by atoms with Crippen LogP contribution < -0.4 is 5.32 Å². The molecular formula is C12H20IN3O. The molecule has 1 aromatic heterocycles. The van der Waals surface area contributed by atoms with Gasteiger partial charge in [-0.15, -0.1) is 0 Å². The maximum atomic E-state index is 12.1. The van der Waals surface area contributed by atoms with Crippen LogP contribution in [0.1, 0.15) is 37.0 Å². The Balaban J connectivity index is 2.81. The highest BCUT2D eigenvalue weighted by Gasteiger charge is 2.18. The van der Waals surface area contributed by atoms with Crippen molar-refractivity contribution in [2.24, 2.45) is 5.92 Å². The second kappa shape index (κ2) is 6.37. The van der Waals surface area contributed by atoms with Crippen LogP contribution in [-0.2, 0) is 6.54 Å². The maximum absolute atomic E-state index is 12.1. The summed E-state index contributed by atoms with van der Waals surface area (Å²) in [6.07, 6.45) is 0. The summed E-state index contributed by atoms with van der Waals surface area (Å²) in [6.45, 7) is 8.84. The molecule has 0 radical (unpaired) electrons. The molecule has 96 valence electrons. The number of aryl methyl sites for hydroxylation is 2. The Kier molecular flexibility index (Phi) is 5.42. The van der Waals surface area contributed by atoms with Gasteiger partial charge in [-0.3, -0.25) is 9.48 Å². The van der Waals surface area contributed by atoms with Crippen molar-refractivity contribution >= 4 is 28.5 Å². The predicted octanol–water partition coefficient (Wildman–Crippen LogP) is 2.40. The van der Waals surface area contributed by atoms with Gasteiger partial charge in [-0.05, 0) is 25.8 Å². The van der Waals surface area contributed by atoms with Crippen molar-refractivity contribution in [1.82, 2.24) is 15.1 Å². The Morgan fingerprint density at radius 2 is 2.24 bits per heavy atom. The van der Waals surface area contributed by atoms with Crippen molar-refractivity contribution in [3.63, 3.8) is 0 Å². The molecular weight excluding hydrogens is 329 g/mol. The van der Waals surface area contributed by atoms with Crippen molar-refractivity contribution in [2.75, 3.05) is 4.43 Å². The number of aromatic nitrogens is 2. The molecule has 0 aliphatic carbocycles. The smallest absolute Gasteiger partial charge is 0.269 e.